The molecule has 0 spiro atoms. The Kier molecular flexibility index (Phi) is 6.39. The van der Waals surface area contributed by atoms with Crippen molar-refractivity contribution in [3.63, 3.8) is 0 Å². The molecule has 0 aliphatic carbocycles. The van der Waals surface area contributed by atoms with E-state index in [1.807, 2.05) is 19.1 Å². The molecule has 0 saturated carbocycles. The number of aliphatic imine (C=N–C) groups is 1. The highest BCUT2D eigenvalue weighted by molar-refractivity contribution is 8.13. The summed E-state index contributed by atoms with van der Waals surface area (Å²) in [5.74, 6) is 2.28. The van der Waals surface area contributed by atoms with E-state index in [2.05, 4.69) is 9.89 Å². The highest BCUT2D eigenvalue weighted by Crippen LogP contribution is 2.45. The minimum Gasteiger partial charge on any atom is -0.493 e. The Balaban J connectivity index is 2.18. The van der Waals surface area contributed by atoms with Crippen LogP contribution in [0.5, 0.6) is 17.2 Å². The van der Waals surface area contributed by atoms with Crippen LogP contribution in [0.3, 0.4) is 0 Å². The molecule has 2 aliphatic rings. The number of fused-ring (bicyclic) bond motifs is 1. The first-order valence-electron chi connectivity index (χ1n) is 9.21. The summed E-state index contributed by atoms with van der Waals surface area (Å²) < 4.78 is 21.9. The molecular weight excluding hydrogens is 380 g/mol. The summed E-state index contributed by atoms with van der Waals surface area (Å²) in [7, 11) is 4.73. The number of rotatable bonds is 6. The van der Waals surface area contributed by atoms with Gasteiger partial charge in [-0.25, -0.2) is 9.79 Å². The number of carbonyl (C=O) groups is 1. The van der Waals surface area contributed by atoms with Gasteiger partial charge in [-0.05, 0) is 38.0 Å². The van der Waals surface area contributed by atoms with Gasteiger partial charge in [0.2, 0.25) is 5.75 Å². The van der Waals surface area contributed by atoms with Gasteiger partial charge in [-0.2, -0.15) is 0 Å². The SMILES string of the molecule is CCOC(=O)C1=C(C)N=C2SCCCN2C1c1cc(OC)c(OC)c(OC)c1. The van der Waals surface area contributed by atoms with E-state index in [0.717, 1.165) is 29.4 Å². The molecule has 2 heterocycles. The molecule has 0 bridgehead atoms. The van der Waals surface area contributed by atoms with Crippen molar-refractivity contribution in [2.75, 3.05) is 40.2 Å². The molecule has 0 amide bonds. The summed E-state index contributed by atoms with van der Waals surface area (Å²) in [4.78, 5) is 19.7. The van der Waals surface area contributed by atoms with E-state index in [9.17, 15) is 4.79 Å². The number of thioether (sulfide) groups is 1. The lowest BCUT2D eigenvalue weighted by atomic mass is 9.93. The molecule has 28 heavy (non-hydrogen) atoms. The summed E-state index contributed by atoms with van der Waals surface area (Å²) in [6.07, 6.45) is 1.01. The molecule has 0 radical (unpaired) electrons. The van der Waals surface area contributed by atoms with Crippen molar-refractivity contribution in [1.29, 1.82) is 0 Å². The molecule has 152 valence electrons. The second-order valence-corrected chi connectivity index (χ2v) is 7.43. The Labute approximate surface area is 169 Å². The number of hydrogen-bond acceptors (Lipinski definition) is 8. The lowest BCUT2D eigenvalue weighted by Gasteiger charge is -2.40. The number of allylic oxidation sites excluding steroid dienone is 1. The van der Waals surface area contributed by atoms with Crippen LogP contribution in [0.2, 0.25) is 0 Å². The maximum Gasteiger partial charge on any atom is 0.338 e. The first-order chi connectivity index (χ1) is 13.5. The second kappa shape index (κ2) is 8.77. The standard InChI is InChI=1S/C20H26N2O5S/c1-6-27-19(23)16-12(2)21-20-22(8-7-9-28-20)17(16)13-10-14(24-3)18(26-5)15(11-13)25-4/h10-11,17H,6-9H2,1-5H3. The van der Waals surface area contributed by atoms with Gasteiger partial charge in [-0.3, -0.25) is 0 Å². The molecule has 1 atom stereocenters. The van der Waals surface area contributed by atoms with E-state index < -0.39 is 0 Å². The van der Waals surface area contributed by atoms with Gasteiger partial charge in [0, 0.05) is 12.3 Å². The Bertz CT molecular complexity index is 796. The van der Waals surface area contributed by atoms with Crippen molar-refractivity contribution in [3.05, 3.63) is 29.0 Å². The van der Waals surface area contributed by atoms with Crippen LogP contribution < -0.4 is 14.2 Å². The van der Waals surface area contributed by atoms with Gasteiger partial charge in [0.05, 0.1) is 45.2 Å². The van der Waals surface area contributed by atoms with Gasteiger partial charge in [0.25, 0.3) is 0 Å². The van der Waals surface area contributed by atoms with Crippen molar-refractivity contribution in [1.82, 2.24) is 4.90 Å². The van der Waals surface area contributed by atoms with Gasteiger partial charge in [-0.1, -0.05) is 11.8 Å². The molecule has 3 rings (SSSR count). The van der Waals surface area contributed by atoms with Gasteiger partial charge in [-0.15, -0.1) is 0 Å². The third kappa shape index (κ3) is 3.65. The number of esters is 1. The average molecular weight is 407 g/mol. The zero-order valence-corrected chi connectivity index (χ0v) is 17.7. The number of hydrogen-bond donors (Lipinski definition) is 0. The predicted octanol–water partition coefficient (Wildman–Crippen LogP) is 3.40. The van der Waals surface area contributed by atoms with Crippen molar-refractivity contribution < 1.29 is 23.7 Å². The summed E-state index contributed by atoms with van der Waals surface area (Å²) in [6.45, 7) is 4.78. The first-order valence-corrected chi connectivity index (χ1v) is 10.2. The highest BCUT2D eigenvalue weighted by Gasteiger charge is 2.38. The summed E-state index contributed by atoms with van der Waals surface area (Å²) in [6, 6.07) is 3.45. The maximum atomic E-state index is 12.8. The minimum atomic E-state index is -0.350. The van der Waals surface area contributed by atoms with Gasteiger partial charge >= 0.3 is 5.97 Å². The van der Waals surface area contributed by atoms with Gasteiger partial charge in [0.15, 0.2) is 16.7 Å². The molecule has 1 saturated heterocycles. The zero-order chi connectivity index (χ0) is 20.3. The normalized spacial score (nSPS) is 19.0. The van der Waals surface area contributed by atoms with Crippen molar-refractivity contribution in [2.45, 2.75) is 26.3 Å². The van der Waals surface area contributed by atoms with Crippen molar-refractivity contribution >= 4 is 22.9 Å². The monoisotopic (exact) mass is 406 g/mol. The van der Waals surface area contributed by atoms with Crippen molar-refractivity contribution in [3.8, 4) is 17.2 Å². The number of ether oxygens (including phenoxy) is 4. The molecule has 8 heteroatoms. The van der Waals surface area contributed by atoms with E-state index in [1.54, 1.807) is 40.0 Å². The number of amidine groups is 1. The molecule has 1 unspecified atom stereocenters. The van der Waals surface area contributed by atoms with Gasteiger partial charge in [0.1, 0.15) is 0 Å². The average Bonchev–Trinajstić information content (AvgIpc) is 2.71. The molecule has 2 aliphatic heterocycles. The van der Waals surface area contributed by atoms with Crippen LogP contribution >= 0.6 is 11.8 Å². The largest absolute Gasteiger partial charge is 0.493 e. The lowest BCUT2D eigenvalue weighted by molar-refractivity contribution is -0.139. The van der Waals surface area contributed by atoms with Crippen LogP contribution in [0.1, 0.15) is 31.9 Å². The molecule has 0 aromatic heterocycles. The molecule has 1 aromatic carbocycles. The van der Waals surface area contributed by atoms with E-state index >= 15 is 0 Å². The van der Waals surface area contributed by atoms with E-state index in [1.165, 1.54) is 0 Å². The van der Waals surface area contributed by atoms with E-state index in [0.29, 0.717) is 35.1 Å². The van der Waals surface area contributed by atoms with Crippen molar-refractivity contribution in [2.24, 2.45) is 4.99 Å². The maximum absolute atomic E-state index is 12.8. The number of methoxy groups -OCH3 is 3. The van der Waals surface area contributed by atoms with Crippen LogP contribution in [0.15, 0.2) is 28.4 Å². The first kappa shape index (κ1) is 20.4. The Morgan fingerprint density at radius 1 is 1.21 bits per heavy atom. The highest BCUT2D eigenvalue weighted by atomic mass is 32.2. The fraction of sp³-hybridized carbons (Fsp3) is 0.500. The third-order valence-corrected chi connectivity index (χ3v) is 5.83. The molecule has 1 fully saturated rings. The van der Waals surface area contributed by atoms with E-state index in [-0.39, 0.29) is 12.0 Å². The van der Waals surface area contributed by atoms with Gasteiger partial charge < -0.3 is 23.8 Å². The fourth-order valence-corrected chi connectivity index (χ4v) is 4.56. The van der Waals surface area contributed by atoms with Crippen LogP contribution in [-0.4, -0.2) is 56.3 Å². The summed E-state index contributed by atoms with van der Waals surface area (Å²) in [5, 5.41) is 0.926. The smallest absolute Gasteiger partial charge is 0.338 e. The quantitative estimate of drug-likeness (QED) is 0.671. The molecular formula is C20H26N2O5S. The van der Waals surface area contributed by atoms with Crippen LogP contribution in [0.25, 0.3) is 0 Å². The second-order valence-electron chi connectivity index (χ2n) is 6.37. The predicted molar refractivity (Wildman–Crippen MR) is 109 cm³/mol. The minimum absolute atomic E-state index is 0.308. The molecule has 7 nitrogen and oxygen atoms in total. The lowest BCUT2D eigenvalue weighted by Crippen LogP contribution is -2.42. The van der Waals surface area contributed by atoms with Crippen LogP contribution in [0, 0.1) is 0 Å². The van der Waals surface area contributed by atoms with E-state index in [4.69, 9.17) is 18.9 Å². The Morgan fingerprint density at radius 2 is 1.89 bits per heavy atom. The zero-order valence-electron chi connectivity index (χ0n) is 16.9. The third-order valence-electron chi connectivity index (χ3n) is 4.76. The summed E-state index contributed by atoms with van der Waals surface area (Å²) >= 11 is 1.71. The Morgan fingerprint density at radius 3 is 2.46 bits per heavy atom. The summed E-state index contributed by atoms with van der Waals surface area (Å²) in [5.41, 5.74) is 2.09. The fourth-order valence-electron chi connectivity index (χ4n) is 3.54. The number of carbonyl (C=O) groups excluding carboxylic acids is 1. The van der Waals surface area contributed by atoms with Crippen LogP contribution in [0.4, 0.5) is 0 Å². The molecule has 1 aromatic rings. The molecule has 0 N–H and O–H groups in total. The number of benzene rings is 1. The van der Waals surface area contributed by atoms with Crippen LogP contribution in [-0.2, 0) is 9.53 Å². The Hall–Kier alpha value is -2.35. The topological polar surface area (TPSA) is 69.6 Å². The number of nitrogens with zero attached hydrogens (tertiary/aromatic N) is 2.